The van der Waals surface area contributed by atoms with Crippen LogP contribution in [0.3, 0.4) is 0 Å². The van der Waals surface area contributed by atoms with Gasteiger partial charge in [-0.2, -0.15) is 5.26 Å². The van der Waals surface area contributed by atoms with Gasteiger partial charge in [0.2, 0.25) is 0 Å². The second-order valence-corrected chi connectivity index (χ2v) is 2.51. The van der Waals surface area contributed by atoms with Crippen molar-refractivity contribution in [1.29, 1.82) is 5.26 Å². The number of aliphatic imine (C=N–C) groups is 1. The molecule has 1 heterocycles. The number of nitriles is 1. The van der Waals surface area contributed by atoms with E-state index in [2.05, 4.69) is 4.99 Å². The Morgan fingerprint density at radius 2 is 2.15 bits per heavy atom. The Morgan fingerprint density at radius 1 is 1.31 bits per heavy atom. The molecule has 1 aliphatic heterocycles. The van der Waals surface area contributed by atoms with Crippen molar-refractivity contribution in [2.45, 2.75) is 0 Å². The van der Waals surface area contributed by atoms with Crippen molar-refractivity contribution in [3.05, 3.63) is 36.1 Å². The first-order valence-electron chi connectivity index (χ1n) is 3.81. The lowest BCUT2D eigenvalue weighted by Gasteiger charge is -1.95. The summed E-state index contributed by atoms with van der Waals surface area (Å²) in [6.07, 6.45) is 3.25. The number of hydrogen-bond acceptors (Lipinski definition) is 3. The van der Waals surface area contributed by atoms with Gasteiger partial charge in [0.25, 0.3) is 0 Å². The van der Waals surface area contributed by atoms with Crippen molar-refractivity contribution in [3.8, 4) is 6.07 Å². The first-order chi connectivity index (χ1) is 6.40. The molecule has 1 aromatic carbocycles. The van der Waals surface area contributed by atoms with Gasteiger partial charge in [-0.05, 0) is 12.1 Å². The van der Waals surface area contributed by atoms with Crippen molar-refractivity contribution < 1.29 is 4.74 Å². The van der Waals surface area contributed by atoms with E-state index in [0.717, 1.165) is 11.3 Å². The molecule has 0 aliphatic carbocycles. The molecule has 2 rings (SSSR count). The van der Waals surface area contributed by atoms with Crippen molar-refractivity contribution in [1.82, 2.24) is 0 Å². The number of fused-ring (bicyclic) bond motifs is 1. The van der Waals surface area contributed by atoms with Crippen molar-refractivity contribution >= 4 is 17.7 Å². The van der Waals surface area contributed by atoms with Gasteiger partial charge in [-0.3, -0.25) is 0 Å². The molecule has 0 N–H and O–H groups in total. The molecule has 0 saturated heterocycles. The van der Waals surface area contributed by atoms with Crippen molar-refractivity contribution in [2.24, 2.45) is 4.99 Å². The third kappa shape index (κ3) is 1.42. The zero-order valence-corrected chi connectivity index (χ0v) is 6.77. The predicted molar refractivity (Wildman–Crippen MR) is 49.3 cm³/mol. The summed E-state index contributed by atoms with van der Waals surface area (Å²) in [5.41, 5.74) is 1.71. The van der Waals surface area contributed by atoms with Gasteiger partial charge in [-0.25, -0.2) is 4.99 Å². The molecule has 0 bridgehead atoms. The smallest absolute Gasteiger partial charge is 0.300 e. The van der Waals surface area contributed by atoms with Crippen LogP contribution < -0.4 is 0 Å². The summed E-state index contributed by atoms with van der Waals surface area (Å²) < 4.78 is 4.94. The highest BCUT2D eigenvalue weighted by atomic mass is 16.5. The molecule has 1 aliphatic rings. The fourth-order valence-electron chi connectivity index (χ4n) is 1.09. The first kappa shape index (κ1) is 7.56. The molecule has 3 heteroatoms. The van der Waals surface area contributed by atoms with Crippen LogP contribution in [0, 0.1) is 11.3 Å². The van der Waals surface area contributed by atoms with E-state index < -0.39 is 0 Å². The summed E-state index contributed by atoms with van der Waals surface area (Å²) in [5, 5.41) is 8.60. The molecule has 0 spiro atoms. The van der Waals surface area contributed by atoms with Gasteiger partial charge in [-0.15, -0.1) is 0 Å². The van der Waals surface area contributed by atoms with Crippen LogP contribution in [0.5, 0.6) is 0 Å². The normalized spacial score (nSPS) is 13.3. The molecule has 0 unspecified atom stereocenters. The number of benzene rings is 1. The summed E-state index contributed by atoms with van der Waals surface area (Å²) in [6, 6.07) is 9.40. The molecular weight excluding hydrogens is 164 g/mol. The molecule has 0 atom stereocenters. The van der Waals surface area contributed by atoms with Gasteiger partial charge >= 0.3 is 5.90 Å². The Morgan fingerprint density at radius 3 is 3.00 bits per heavy atom. The van der Waals surface area contributed by atoms with Crippen LogP contribution in [0.15, 0.2) is 35.5 Å². The van der Waals surface area contributed by atoms with Crippen LogP contribution in [0.25, 0.3) is 6.08 Å². The predicted octanol–water partition coefficient (Wildman–Crippen LogP) is 2.24. The maximum absolute atomic E-state index is 8.60. The van der Waals surface area contributed by atoms with Gasteiger partial charge in [-0.1, -0.05) is 18.2 Å². The summed E-state index contributed by atoms with van der Waals surface area (Å²) in [5.74, 6) is 0.0706. The van der Waals surface area contributed by atoms with Crippen molar-refractivity contribution in [3.63, 3.8) is 0 Å². The van der Waals surface area contributed by atoms with Gasteiger partial charge < -0.3 is 4.74 Å². The van der Waals surface area contributed by atoms with Crippen LogP contribution in [-0.4, -0.2) is 5.90 Å². The first-order valence-corrected chi connectivity index (χ1v) is 3.81. The topological polar surface area (TPSA) is 45.4 Å². The number of ether oxygens (including phenoxy) is 1. The SMILES string of the molecule is N#CC1=Nc2ccccc2C=CO1. The molecule has 3 nitrogen and oxygen atoms in total. The van der Waals surface area contributed by atoms with Crippen molar-refractivity contribution in [2.75, 3.05) is 0 Å². The number of hydrogen-bond donors (Lipinski definition) is 0. The van der Waals surface area contributed by atoms with Crippen LogP contribution in [0.1, 0.15) is 5.56 Å². The number of rotatable bonds is 0. The van der Waals surface area contributed by atoms with E-state index in [1.165, 1.54) is 6.26 Å². The minimum Gasteiger partial charge on any atom is -0.439 e. The second kappa shape index (κ2) is 3.11. The summed E-state index contributed by atoms with van der Waals surface area (Å²) in [4.78, 5) is 4.03. The maximum atomic E-state index is 8.60. The number of nitrogens with zero attached hydrogens (tertiary/aromatic N) is 2. The monoisotopic (exact) mass is 170 g/mol. The summed E-state index contributed by atoms with van der Waals surface area (Å²) in [6.45, 7) is 0. The second-order valence-electron chi connectivity index (χ2n) is 2.51. The Balaban J connectivity index is 2.57. The quantitative estimate of drug-likeness (QED) is 0.599. The summed E-state index contributed by atoms with van der Waals surface area (Å²) in [7, 11) is 0. The zero-order chi connectivity index (χ0) is 9.10. The Hall–Kier alpha value is -2.08. The molecule has 13 heavy (non-hydrogen) atoms. The average molecular weight is 170 g/mol. The lowest BCUT2D eigenvalue weighted by atomic mass is 10.2. The molecule has 0 aromatic heterocycles. The molecule has 1 aromatic rings. The minimum absolute atomic E-state index is 0.0706. The molecule has 0 fully saturated rings. The maximum Gasteiger partial charge on any atom is 0.300 e. The standard InChI is InChI=1S/C10H6N2O/c11-7-10-12-9-4-2-1-3-8(9)5-6-13-10/h1-6H. The molecule has 0 amide bonds. The highest BCUT2D eigenvalue weighted by molar-refractivity contribution is 5.95. The van der Waals surface area contributed by atoms with Crippen LogP contribution in [0.4, 0.5) is 5.69 Å². The van der Waals surface area contributed by atoms with Gasteiger partial charge in [0.1, 0.15) is 0 Å². The largest absolute Gasteiger partial charge is 0.439 e. The van der Waals surface area contributed by atoms with E-state index in [-0.39, 0.29) is 5.90 Å². The van der Waals surface area contributed by atoms with E-state index in [0.29, 0.717) is 0 Å². The highest BCUT2D eigenvalue weighted by Gasteiger charge is 2.04. The zero-order valence-electron chi connectivity index (χ0n) is 6.77. The van der Waals surface area contributed by atoms with Gasteiger partial charge in [0.05, 0.1) is 11.9 Å². The molecule has 0 saturated carbocycles. The van der Waals surface area contributed by atoms with E-state index >= 15 is 0 Å². The minimum atomic E-state index is 0.0706. The molecule has 0 radical (unpaired) electrons. The third-order valence-electron chi connectivity index (χ3n) is 1.68. The van der Waals surface area contributed by atoms with Crippen LogP contribution in [0.2, 0.25) is 0 Å². The van der Waals surface area contributed by atoms with Crippen LogP contribution >= 0.6 is 0 Å². The van der Waals surface area contributed by atoms with E-state index in [4.69, 9.17) is 10.00 Å². The van der Waals surface area contributed by atoms with Gasteiger partial charge in [0, 0.05) is 5.56 Å². The fourth-order valence-corrected chi connectivity index (χ4v) is 1.09. The fraction of sp³-hybridized carbons (Fsp3) is 0. The Bertz CT molecular complexity index is 427. The van der Waals surface area contributed by atoms with E-state index in [9.17, 15) is 0 Å². The Kier molecular flexibility index (Phi) is 1.81. The Labute approximate surface area is 75.6 Å². The molecular formula is C10H6N2O. The molecule has 62 valence electrons. The lowest BCUT2D eigenvalue weighted by Crippen LogP contribution is -1.92. The van der Waals surface area contributed by atoms with Crippen LogP contribution in [-0.2, 0) is 4.74 Å². The summed E-state index contributed by atoms with van der Waals surface area (Å²) >= 11 is 0. The number of para-hydroxylation sites is 1. The van der Waals surface area contributed by atoms with E-state index in [1.54, 1.807) is 6.08 Å². The van der Waals surface area contributed by atoms with E-state index in [1.807, 2.05) is 30.3 Å². The average Bonchev–Trinajstić information content (AvgIpc) is 2.38. The third-order valence-corrected chi connectivity index (χ3v) is 1.68. The lowest BCUT2D eigenvalue weighted by molar-refractivity contribution is 0.484. The highest BCUT2D eigenvalue weighted by Crippen LogP contribution is 2.22. The van der Waals surface area contributed by atoms with Gasteiger partial charge in [0.15, 0.2) is 6.07 Å².